The number of ether oxygens (including phenoxy) is 1. The van der Waals surface area contributed by atoms with E-state index in [2.05, 4.69) is 46.9 Å². The molecule has 2 nitrogen and oxygen atoms in total. The standard InChI is InChI=1S/C16H15IO2/c1-12(18)10-11-19-16-8-4-14(5-9-16)13-2-6-15(17)7-3-13/h2-9H,10-11H2,1H3. The molecular formula is C16H15IO2. The van der Waals surface area contributed by atoms with Gasteiger partial charge in [0.05, 0.1) is 6.61 Å². The Balaban J connectivity index is 2.02. The predicted octanol–water partition coefficient (Wildman–Crippen LogP) is 4.32. The fourth-order valence-electron chi connectivity index (χ4n) is 1.70. The second-order valence-corrected chi connectivity index (χ2v) is 5.58. The summed E-state index contributed by atoms with van der Waals surface area (Å²) >= 11 is 2.29. The van der Waals surface area contributed by atoms with Crippen molar-refractivity contribution in [1.82, 2.24) is 0 Å². The predicted molar refractivity (Wildman–Crippen MR) is 85.4 cm³/mol. The van der Waals surface area contributed by atoms with E-state index in [9.17, 15) is 4.79 Å². The van der Waals surface area contributed by atoms with Crippen LogP contribution in [-0.2, 0) is 4.79 Å². The van der Waals surface area contributed by atoms with Crippen molar-refractivity contribution in [3.63, 3.8) is 0 Å². The molecule has 0 atom stereocenters. The van der Waals surface area contributed by atoms with Gasteiger partial charge in [-0.3, -0.25) is 4.79 Å². The van der Waals surface area contributed by atoms with Crippen LogP contribution < -0.4 is 4.74 Å². The van der Waals surface area contributed by atoms with Gasteiger partial charge in [-0.25, -0.2) is 0 Å². The lowest BCUT2D eigenvalue weighted by Crippen LogP contribution is -2.02. The summed E-state index contributed by atoms with van der Waals surface area (Å²) in [7, 11) is 0. The molecule has 2 aromatic carbocycles. The molecule has 19 heavy (non-hydrogen) atoms. The molecule has 98 valence electrons. The summed E-state index contributed by atoms with van der Waals surface area (Å²) in [6, 6.07) is 16.3. The lowest BCUT2D eigenvalue weighted by Gasteiger charge is -2.06. The molecule has 0 spiro atoms. The van der Waals surface area contributed by atoms with Crippen molar-refractivity contribution in [3.8, 4) is 16.9 Å². The number of Topliss-reactive ketones (excluding diaryl/α,β-unsaturated/α-hetero) is 1. The maximum atomic E-state index is 10.8. The fourth-order valence-corrected chi connectivity index (χ4v) is 2.06. The Kier molecular flexibility index (Phi) is 4.96. The van der Waals surface area contributed by atoms with E-state index < -0.39 is 0 Å². The smallest absolute Gasteiger partial charge is 0.133 e. The van der Waals surface area contributed by atoms with E-state index in [1.165, 1.54) is 9.13 Å². The highest BCUT2D eigenvalue weighted by Crippen LogP contribution is 2.23. The Morgan fingerprint density at radius 3 is 2.05 bits per heavy atom. The third-order valence-corrected chi connectivity index (χ3v) is 3.47. The Labute approximate surface area is 126 Å². The fraction of sp³-hybridized carbons (Fsp3) is 0.188. The molecule has 0 aliphatic heterocycles. The maximum Gasteiger partial charge on any atom is 0.133 e. The number of carbonyl (C=O) groups excluding carboxylic acids is 1. The number of hydrogen-bond donors (Lipinski definition) is 0. The van der Waals surface area contributed by atoms with Crippen molar-refractivity contribution in [2.45, 2.75) is 13.3 Å². The van der Waals surface area contributed by atoms with Crippen LogP contribution in [0.25, 0.3) is 11.1 Å². The van der Waals surface area contributed by atoms with E-state index >= 15 is 0 Å². The highest BCUT2D eigenvalue weighted by molar-refractivity contribution is 14.1. The van der Waals surface area contributed by atoms with E-state index in [0.717, 1.165) is 11.3 Å². The molecule has 0 aliphatic rings. The average Bonchev–Trinajstić information content (AvgIpc) is 2.40. The highest BCUT2D eigenvalue weighted by Gasteiger charge is 2.00. The van der Waals surface area contributed by atoms with Gasteiger partial charge in [-0.15, -0.1) is 0 Å². The molecule has 3 heteroatoms. The summed E-state index contributed by atoms with van der Waals surface area (Å²) in [6.45, 7) is 2.02. The quantitative estimate of drug-likeness (QED) is 0.737. The summed E-state index contributed by atoms with van der Waals surface area (Å²) in [5.74, 6) is 0.950. The Morgan fingerprint density at radius 2 is 1.53 bits per heavy atom. The maximum absolute atomic E-state index is 10.8. The van der Waals surface area contributed by atoms with Crippen LogP contribution in [0.1, 0.15) is 13.3 Å². The minimum atomic E-state index is 0.149. The number of carbonyl (C=O) groups is 1. The van der Waals surface area contributed by atoms with Gasteiger partial charge >= 0.3 is 0 Å². The molecule has 0 aromatic heterocycles. The van der Waals surface area contributed by atoms with Gasteiger partial charge < -0.3 is 4.74 Å². The number of ketones is 1. The molecule has 0 bridgehead atoms. The summed E-state index contributed by atoms with van der Waals surface area (Å²) in [5, 5.41) is 0. The van der Waals surface area contributed by atoms with Crippen LogP contribution >= 0.6 is 22.6 Å². The van der Waals surface area contributed by atoms with E-state index in [-0.39, 0.29) is 5.78 Å². The molecule has 0 radical (unpaired) electrons. The van der Waals surface area contributed by atoms with Crippen LogP contribution in [0.2, 0.25) is 0 Å². The Bertz CT molecular complexity index is 544. The van der Waals surface area contributed by atoms with Crippen molar-refractivity contribution < 1.29 is 9.53 Å². The third-order valence-electron chi connectivity index (χ3n) is 2.75. The molecular weight excluding hydrogens is 351 g/mol. The lowest BCUT2D eigenvalue weighted by molar-refractivity contribution is -0.117. The van der Waals surface area contributed by atoms with E-state index in [1.807, 2.05) is 24.3 Å². The van der Waals surface area contributed by atoms with Gasteiger partial charge in [0.25, 0.3) is 0 Å². The van der Waals surface area contributed by atoms with Gasteiger partial charge in [0.15, 0.2) is 0 Å². The molecule has 2 aromatic rings. The molecule has 0 saturated heterocycles. The van der Waals surface area contributed by atoms with Gasteiger partial charge in [-0.05, 0) is 64.9 Å². The second-order valence-electron chi connectivity index (χ2n) is 4.33. The number of halogens is 1. The Morgan fingerprint density at radius 1 is 1.00 bits per heavy atom. The first-order chi connectivity index (χ1) is 9.15. The SMILES string of the molecule is CC(=O)CCOc1ccc(-c2ccc(I)cc2)cc1. The Hall–Kier alpha value is -1.36. The van der Waals surface area contributed by atoms with Crippen molar-refractivity contribution in [3.05, 3.63) is 52.1 Å². The summed E-state index contributed by atoms with van der Waals surface area (Å²) < 4.78 is 6.73. The van der Waals surface area contributed by atoms with Gasteiger partial charge in [0, 0.05) is 9.99 Å². The van der Waals surface area contributed by atoms with Gasteiger partial charge in [-0.1, -0.05) is 24.3 Å². The molecule has 0 saturated carbocycles. The highest BCUT2D eigenvalue weighted by atomic mass is 127. The van der Waals surface area contributed by atoms with Crippen LogP contribution in [-0.4, -0.2) is 12.4 Å². The summed E-state index contributed by atoms with van der Waals surface area (Å²) in [6.07, 6.45) is 0.457. The van der Waals surface area contributed by atoms with Crippen LogP contribution in [0.5, 0.6) is 5.75 Å². The minimum absolute atomic E-state index is 0.149. The van der Waals surface area contributed by atoms with Crippen molar-refractivity contribution in [2.24, 2.45) is 0 Å². The first kappa shape index (κ1) is 14.1. The average molecular weight is 366 g/mol. The van der Waals surface area contributed by atoms with Crippen LogP contribution in [0.4, 0.5) is 0 Å². The van der Waals surface area contributed by atoms with Crippen molar-refractivity contribution >= 4 is 28.4 Å². The van der Waals surface area contributed by atoms with Crippen molar-refractivity contribution in [1.29, 1.82) is 0 Å². The zero-order valence-corrected chi connectivity index (χ0v) is 12.9. The lowest BCUT2D eigenvalue weighted by atomic mass is 10.1. The molecule has 0 amide bonds. The van der Waals surface area contributed by atoms with Crippen LogP contribution in [0.15, 0.2) is 48.5 Å². The molecule has 0 N–H and O–H groups in total. The summed E-state index contributed by atoms with van der Waals surface area (Å²) in [5.41, 5.74) is 2.35. The second kappa shape index (κ2) is 6.70. The summed E-state index contributed by atoms with van der Waals surface area (Å²) in [4.78, 5) is 10.8. The first-order valence-corrected chi connectivity index (χ1v) is 7.21. The van der Waals surface area contributed by atoms with E-state index in [4.69, 9.17) is 4.74 Å². The molecule has 0 heterocycles. The van der Waals surface area contributed by atoms with Crippen LogP contribution in [0, 0.1) is 3.57 Å². The molecule has 2 rings (SSSR count). The first-order valence-electron chi connectivity index (χ1n) is 6.13. The monoisotopic (exact) mass is 366 g/mol. The van der Waals surface area contributed by atoms with Crippen LogP contribution in [0.3, 0.4) is 0 Å². The molecule has 0 unspecified atom stereocenters. The van der Waals surface area contributed by atoms with Gasteiger partial charge in [0.1, 0.15) is 11.5 Å². The molecule has 0 aliphatic carbocycles. The normalized spacial score (nSPS) is 10.2. The largest absolute Gasteiger partial charge is 0.493 e. The molecule has 0 fully saturated rings. The van der Waals surface area contributed by atoms with Gasteiger partial charge in [-0.2, -0.15) is 0 Å². The zero-order chi connectivity index (χ0) is 13.7. The third kappa shape index (κ3) is 4.35. The number of hydrogen-bond acceptors (Lipinski definition) is 2. The zero-order valence-electron chi connectivity index (χ0n) is 10.7. The topological polar surface area (TPSA) is 26.3 Å². The van der Waals surface area contributed by atoms with Crippen molar-refractivity contribution in [2.75, 3.05) is 6.61 Å². The minimum Gasteiger partial charge on any atom is -0.493 e. The number of rotatable bonds is 5. The number of benzene rings is 2. The van der Waals surface area contributed by atoms with E-state index in [1.54, 1.807) is 6.92 Å². The van der Waals surface area contributed by atoms with Gasteiger partial charge in [0.2, 0.25) is 0 Å². The van der Waals surface area contributed by atoms with E-state index in [0.29, 0.717) is 13.0 Å².